The molecule has 2 rings (SSSR count). The Kier molecular flexibility index (Phi) is 3.34. The Labute approximate surface area is 105 Å². The Morgan fingerprint density at radius 3 is 2.78 bits per heavy atom. The smallest absolute Gasteiger partial charge is 0.306 e. The number of fused-ring (bicyclic) bond motifs is 1. The Hall–Kier alpha value is -1.88. The van der Waals surface area contributed by atoms with E-state index in [1.165, 1.54) is 6.92 Å². The summed E-state index contributed by atoms with van der Waals surface area (Å²) in [6, 6.07) is 5.23. The van der Waals surface area contributed by atoms with Gasteiger partial charge in [-0.25, -0.2) is 0 Å². The van der Waals surface area contributed by atoms with Crippen molar-refractivity contribution in [2.75, 3.05) is 11.4 Å². The number of aliphatic hydroxyl groups is 1. The van der Waals surface area contributed by atoms with E-state index in [0.29, 0.717) is 12.1 Å². The fourth-order valence-electron chi connectivity index (χ4n) is 2.24. The number of rotatable bonds is 3. The highest BCUT2D eigenvalue weighted by Gasteiger charge is 2.23. The summed E-state index contributed by atoms with van der Waals surface area (Å²) in [6.07, 6.45) is -0.572. The van der Waals surface area contributed by atoms with E-state index in [-0.39, 0.29) is 12.3 Å². The molecule has 5 nitrogen and oxygen atoms in total. The molecule has 1 aliphatic heterocycles. The van der Waals surface area contributed by atoms with Crippen molar-refractivity contribution in [3.63, 3.8) is 0 Å². The van der Waals surface area contributed by atoms with Crippen LogP contribution in [-0.4, -0.2) is 28.6 Å². The van der Waals surface area contributed by atoms with E-state index in [9.17, 15) is 14.7 Å². The summed E-state index contributed by atoms with van der Waals surface area (Å²) < 4.78 is 0. The Balaban J connectivity index is 2.24. The van der Waals surface area contributed by atoms with Crippen LogP contribution < -0.4 is 4.90 Å². The summed E-state index contributed by atoms with van der Waals surface area (Å²) in [4.78, 5) is 23.6. The molecular weight excluding hydrogens is 234 g/mol. The predicted octanol–water partition coefficient (Wildman–Crippen LogP) is 1.10. The van der Waals surface area contributed by atoms with Crippen molar-refractivity contribution in [2.24, 2.45) is 0 Å². The molecule has 1 aromatic rings. The molecular formula is C13H15NO4. The van der Waals surface area contributed by atoms with Crippen molar-refractivity contribution in [3.8, 4) is 0 Å². The van der Waals surface area contributed by atoms with Gasteiger partial charge < -0.3 is 15.1 Å². The molecule has 1 aliphatic rings. The molecule has 2 N–H and O–H groups in total. The molecule has 0 bridgehead atoms. The molecule has 0 fully saturated rings. The summed E-state index contributed by atoms with van der Waals surface area (Å²) in [5.74, 6) is -1.04. The van der Waals surface area contributed by atoms with Crippen molar-refractivity contribution in [3.05, 3.63) is 29.3 Å². The molecule has 0 aromatic heterocycles. The van der Waals surface area contributed by atoms with Crippen molar-refractivity contribution in [1.82, 2.24) is 0 Å². The van der Waals surface area contributed by atoms with Gasteiger partial charge in [-0.15, -0.1) is 0 Å². The highest BCUT2D eigenvalue weighted by molar-refractivity contribution is 5.93. The van der Waals surface area contributed by atoms with Crippen LogP contribution in [0.15, 0.2) is 18.2 Å². The zero-order valence-corrected chi connectivity index (χ0v) is 10.1. The number of nitrogens with zero attached hydrogens (tertiary/aromatic N) is 1. The first kappa shape index (κ1) is 12.6. The van der Waals surface area contributed by atoms with Gasteiger partial charge in [0.05, 0.1) is 12.5 Å². The number of hydrogen-bond donors (Lipinski definition) is 2. The van der Waals surface area contributed by atoms with Gasteiger partial charge in [0, 0.05) is 19.2 Å². The molecule has 0 saturated heterocycles. The molecule has 0 radical (unpaired) electrons. The highest BCUT2D eigenvalue weighted by Crippen LogP contribution is 2.31. The van der Waals surface area contributed by atoms with Crippen LogP contribution in [0, 0.1) is 0 Å². The van der Waals surface area contributed by atoms with Crippen LogP contribution in [0.2, 0.25) is 0 Å². The van der Waals surface area contributed by atoms with E-state index in [0.717, 1.165) is 17.7 Å². The van der Waals surface area contributed by atoms with Crippen molar-refractivity contribution < 1.29 is 19.8 Å². The third-order valence-electron chi connectivity index (χ3n) is 3.13. The minimum absolute atomic E-state index is 0.00687. The van der Waals surface area contributed by atoms with E-state index >= 15 is 0 Å². The van der Waals surface area contributed by atoms with Crippen LogP contribution in [0.5, 0.6) is 0 Å². The van der Waals surface area contributed by atoms with Gasteiger partial charge in [-0.1, -0.05) is 12.1 Å². The number of anilines is 1. The molecule has 1 unspecified atom stereocenters. The van der Waals surface area contributed by atoms with Crippen LogP contribution in [0.4, 0.5) is 5.69 Å². The Morgan fingerprint density at radius 1 is 1.44 bits per heavy atom. The lowest BCUT2D eigenvalue weighted by Gasteiger charge is -2.15. The van der Waals surface area contributed by atoms with Gasteiger partial charge in [0.2, 0.25) is 5.91 Å². The molecule has 18 heavy (non-hydrogen) atoms. The number of amides is 1. The molecule has 1 aromatic carbocycles. The molecule has 0 saturated carbocycles. The average Bonchev–Trinajstić information content (AvgIpc) is 2.70. The van der Waals surface area contributed by atoms with Crippen LogP contribution in [-0.2, 0) is 16.0 Å². The molecule has 5 heteroatoms. The van der Waals surface area contributed by atoms with Crippen LogP contribution >= 0.6 is 0 Å². The minimum Gasteiger partial charge on any atom is -0.481 e. The van der Waals surface area contributed by atoms with Crippen molar-refractivity contribution in [2.45, 2.75) is 25.9 Å². The molecule has 96 valence electrons. The van der Waals surface area contributed by atoms with Gasteiger partial charge in [0.1, 0.15) is 0 Å². The largest absolute Gasteiger partial charge is 0.481 e. The summed E-state index contributed by atoms with van der Waals surface area (Å²) >= 11 is 0. The number of benzene rings is 1. The fourth-order valence-corrected chi connectivity index (χ4v) is 2.24. The number of carboxylic acid groups (broad SMARTS) is 1. The number of aliphatic carboxylic acids is 1. The molecule has 1 amide bonds. The second-order valence-electron chi connectivity index (χ2n) is 4.42. The lowest BCUT2D eigenvalue weighted by Crippen LogP contribution is -2.25. The molecule has 1 heterocycles. The van der Waals surface area contributed by atoms with Gasteiger partial charge in [-0.2, -0.15) is 0 Å². The molecule has 0 aliphatic carbocycles. The van der Waals surface area contributed by atoms with E-state index in [2.05, 4.69) is 0 Å². The Morgan fingerprint density at radius 2 is 2.17 bits per heavy atom. The highest BCUT2D eigenvalue weighted by atomic mass is 16.4. The van der Waals surface area contributed by atoms with Crippen LogP contribution in [0.25, 0.3) is 0 Å². The Bertz CT molecular complexity index is 498. The summed E-state index contributed by atoms with van der Waals surface area (Å²) in [6.45, 7) is 2.16. The number of carbonyl (C=O) groups excluding carboxylic acids is 1. The van der Waals surface area contributed by atoms with Crippen molar-refractivity contribution in [1.29, 1.82) is 0 Å². The SMILES string of the molecule is CC(=O)N1CCc2cc(C(O)CC(=O)O)ccc21. The number of hydrogen-bond acceptors (Lipinski definition) is 3. The number of carbonyl (C=O) groups is 2. The topological polar surface area (TPSA) is 77.8 Å². The van der Waals surface area contributed by atoms with E-state index < -0.39 is 12.1 Å². The third-order valence-corrected chi connectivity index (χ3v) is 3.13. The lowest BCUT2D eigenvalue weighted by atomic mass is 10.0. The quantitative estimate of drug-likeness (QED) is 0.841. The maximum Gasteiger partial charge on any atom is 0.306 e. The maximum absolute atomic E-state index is 11.4. The second kappa shape index (κ2) is 4.78. The van der Waals surface area contributed by atoms with Crippen LogP contribution in [0.1, 0.15) is 30.6 Å². The number of aliphatic hydroxyl groups excluding tert-OH is 1. The maximum atomic E-state index is 11.4. The molecule has 0 spiro atoms. The third kappa shape index (κ3) is 2.36. The van der Waals surface area contributed by atoms with Gasteiger partial charge >= 0.3 is 5.97 Å². The average molecular weight is 249 g/mol. The standard InChI is InChI=1S/C13H15NO4/c1-8(15)14-5-4-9-6-10(2-3-11(9)14)12(16)7-13(17)18/h2-3,6,12,16H,4-5,7H2,1H3,(H,17,18). The first-order chi connectivity index (χ1) is 8.49. The van der Waals surface area contributed by atoms with Crippen molar-refractivity contribution >= 4 is 17.6 Å². The zero-order chi connectivity index (χ0) is 13.3. The fraction of sp³-hybridized carbons (Fsp3) is 0.385. The second-order valence-corrected chi connectivity index (χ2v) is 4.42. The van der Waals surface area contributed by atoms with Gasteiger partial charge in [0.15, 0.2) is 0 Å². The van der Waals surface area contributed by atoms with E-state index in [4.69, 9.17) is 5.11 Å². The lowest BCUT2D eigenvalue weighted by molar-refractivity contribution is -0.139. The normalized spacial score (nSPS) is 15.3. The predicted molar refractivity (Wildman–Crippen MR) is 65.4 cm³/mol. The van der Waals surface area contributed by atoms with Gasteiger partial charge in [-0.05, 0) is 23.6 Å². The molecule has 1 atom stereocenters. The van der Waals surface area contributed by atoms with E-state index in [1.54, 1.807) is 23.1 Å². The number of carboxylic acids is 1. The monoisotopic (exact) mass is 249 g/mol. The summed E-state index contributed by atoms with van der Waals surface area (Å²) in [7, 11) is 0. The first-order valence-corrected chi connectivity index (χ1v) is 5.80. The summed E-state index contributed by atoms with van der Waals surface area (Å²) in [5.41, 5.74) is 2.42. The van der Waals surface area contributed by atoms with Gasteiger partial charge in [0.25, 0.3) is 0 Å². The van der Waals surface area contributed by atoms with Crippen LogP contribution in [0.3, 0.4) is 0 Å². The summed E-state index contributed by atoms with van der Waals surface area (Å²) in [5, 5.41) is 18.4. The van der Waals surface area contributed by atoms with E-state index in [1.807, 2.05) is 0 Å². The minimum atomic E-state index is -1.03. The van der Waals surface area contributed by atoms with Gasteiger partial charge in [-0.3, -0.25) is 9.59 Å². The first-order valence-electron chi connectivity index (χ1n) is 5.80. The zero-order valence-electron chi connectivity index (χ0n) is 10.1.